The van der Waals surface area contributed by atoms with Crippen LogP contribution in [0, 0.1) is 6.92 Å². The fraction of sp³-hybridized carbons (Fsp3) is 0.231. The number of nitrogens with one attached hydrogen (secondary N) is 1. The van der Waals surface area contributed by atoms with Gasteiger partial charge in [0.2, 0.25) is 0 Å². The summed E-state index contributed by atoms with van der Waals surface area (Å²) >= 11 is 3.51. The molecule has 6 heteroatoms. The number of halogens is 1. The molecule has 0 fully saturated rings. The Balaban J connectivity index is 2.27. The van der Waals surface area contributed by atoms with E-state index < -0.39 is 0 Å². The van der Waals surface area contributed by atoms with E-state index in [1.807, 2.05) is 25.1 Å². The Morgan fingerprint density at radius 2 is 2.11 bits per heavy atom. The molecule has 0 amide bonds. The first-order valence-electron chi connectivity index (χ1n) is 5.74. The second-order valence-electron chi connectivity index (χ2n) is 4.14. The van der Waals surface area contributed by atoms with Gasteiger partial charge in [-0.25, -0.2) is 9.97 Å². The summed E-state index contributed by atoms with van der Waals surface area (Å²) in [5, 5.41) is 3.21. The van der Waals surface area contributed by atoms with E-state index in [-0.39, 0.29) is 0 Å². The van der Waals surface area contributed by atoms with Crippen LogP contribution in [0.15, 0.2) is 28.7 Å². The summed E-state index contributed by atoms with van der Waals surface area (Å²) in [5.41, 5.74) is 7.85. The van der Waals surface area contributed by atoms with Crippen molar-refractivity contribution < 1.29 is 4.74 Å². The zero-order valence-corrected chi connectivity index (χ0v) is 12.4. The normalized spacial score (nSPS) is 10.5. The minimum absolute atomic E-state index is 0.328. The van der Waals surface area contributed by atoms with Gasteiger partial charge < -0.3 is 15.8 Å². The van der Waals surface area contributed by atoms with Gasteiger partial charge in [0.25, 0.3) is 0 Å². The molecule has 0 bridgehead atoms. The number of nitrogen functional groups attached to an aromatic ring is 1. The fourth-order valence-corrected chi connectivity index (χ4v) is 2.23. The zero-order chi connectivity index (χ0) is 13.8. The lowest BCUT2D eigenvalue weighted by molar-refractivity contribution is 0.178. The first-order chi connectivity index (χ1) is 9.08. The van der Waals surface area contributed by atoms with Gasteiger partial charge in [0.05, 0.1) is 5.69 Å². The van der Waals surface area contributed by atoms with E-state index in [4.69, 9.17) is 10.5 Å². The minimum Gasteiger partial charge on any atom is -0.384 e. The Bertz CT molecular complexity index is 589. The molecule has 0 saturated carbocycles. The van der Waals surface area contributed by atoms with Crippen LogP contribution in [0.1, 0.15) is 11.4 Å². The van der Waals surface area contributed by atoms with Crippen LogP contribution in [0.4, 0.5) is 17.3 Å². The average Bonchev–Trinajstić information content (AvgIpc) is 2.32. The smallest absolute Gasteiger partial charge is 0.158 e. The number of benzene rings is 1. The van der Waals surface area contributed by atoms with Gasteiger partial charge >= 0.3 is 0 Å². The van der Waals surface area contributed by atoms with Crippen molar-refractivity contribution in [2.24, 2.45) is 0 Å². The maximum Gasteiger partial charge on any atom is 0.158 e. The Labute approximate surface area is 120 Å². The molecule has 1 heterocycles. The van der Waals surface area contributed by atoms with Crippen molar-refractivity contribution in [2.45, 2.75) is 13.5 Å². The number of anilines is 3. The average molecular weight is 323 g/mol. The predicted octanol–water partition coefficient (Wildman–Crippen LogP) is 3.02. The molecule has 2 rings (SSSR count). The number of hydrogen-bond donors (Lipinski definition) is 2. The summed E-state index contributed by atoms with van der Waals surface area (Å²) in [6.45, 7) is 2.36. The monoisotopic (exact) mass is 322 g/mol. The highest BCUT2D eigenvalue weighted by Crippen LogP contribution is 2.26. The first-order valence-corrected chi connectivity index (χ1v) is 6.53. The van der Waals surface area contributed by atoms with Crippen LogP contribution in [0.2, 0.25) is 0 Å². The van der Waals surface area contributed by atoms with Crippen LogP contribution in [0.25, 0.3) is 0 Å². The van der Waals surface area contributed by atoms with Gasteiger partial charge in [-0.3, -0.25) is 0 Å². The highest BCUT2D eigenvalue weighted by Gasteiger charge is 2.05. The van der Waals surface area contributed by atoms with Crippen molar-refractivity contribution in [3.63, 3.8) is 0 Å². The Hall–Kier alpha value is -1.66. The molecular weight excluding hydrogens is 308 g/mol. The van der Waals surface area contributed by atoms with E-state index in [0.29, 0.717) is 24.1 Å². The van der Waals surface area contributed by atoms with Crippen molar-refractivity contribution in [2.75, 3.05) is 18.2 Å². The fourth-order valence-electron chi connectivity index (χ4n) is 1.63. The van der Waals surface area contributed by atoms with Gasteiger partial charge in [0, 0.05) is 17.6 Å². The number of rotatable bonds is 4. The van der Waals surface area contributed by atoms with Crippen molar-refractivity contribution in [3.05, 3.63) is 40.1 Å². The van der Waals surface area contributed by atoms with Crippen molar-refractivity contribution >= 4 is 33.3 Å². The first kappa shape index (κ1) is 13.8. The molecule has 0 unspecified atom stereocenters. The minimum atomic E-state index is 0.328. The second kappa shape index (κ2) is 5.99. The maximum atomic E-state index is 5.75. The van der Waals surface area contributed by atoms with Gasteiger partial charge in [0.15, 0.2) is 5.82 Å². The van der Waals surface area contributed by atoms with Gasteiger partial charge in [0.1, 0.15) is 18.2 Å². The zero-order valence-electron chi connectivity index (χ0n) is 10.8. The number of nitrogens with zero attached hydrogens (tertiary/aromatic N) is 2. The molecule has 0 saturated heterocycles. The van der Waals surface area contributed by atoms with Crippen molar-refractivity contribution in [1.29, 1.82) is 0 Å². The number of hydrogen-bond acceptors (Lipinski definition) is 5. The number of nitrogens with two attached hydrogens (primary N) is 1. The standard InChI is InChI=1S/C13H15BrN4O/c1-8-3-4-10(9(14)5-8)16-12-6-11(15)17-13(18-12)7-19-2/h3-6H,7H2,1-2H3,(H3,15,16,17,18). The molecule has 0 spiro atoms. The van der Waals surface area contributed by atoms with Crippen molar-refractivity contribution in [3.8, 4) is 0 Å². The Morgan fingerprint density at radius 3 is 2.79 bits per heavy atom. The van der Waals surface area contributed by atoms with Gasteiger partial charge in [-0.1, -0.05) is 6.07 Å². The molecule has 1 aromatic carbocycles. The number of ether oxygens (including phenoxy) is 1. The van der Waals surface area contributed by atoms with Gasteiger partial charge in [-0.15, -0.1) is 0 Å². The number of aromatic nitrogens is 2. The highest BCUT2D eigenvalue weighted by molar-refractivity contribution is 9.10. The van der Waals surface area contributed by atoms with Crippen LogP contribution in [-0.2, 0) is 11.3 Å². The lowest BCUT2D eigenvalue weighted by Crippen LogP contribution is -2.04. The van der Waals surface area contributed by atoms with Crippen molar-refractivity contribution in [1.82, 2.24) is 9.97 Å². The highest BCUT2D eigenvalue weighted by atomic mass is 79.9. The van der Waals surface area contributed by atoms with E-state index in [1.54, 1.807) is 13.2 Å². The summed E-state index contributed by atoms with van der Waals surface area (Å²) in [4.78, 5) is 8.43. The molecule has 0 aliphatic heterocycles. The topological polar surface area (TPSA) is 73.1 Å². The molecule has 3 N–H and O–H groups in total. The van der Waals surface area contributed by atoms with Gasteiger partial charge in [-0.2, -0.15) is 0 Å². The second-order valence-corrected chi connectivity index (χ2v) is 4.99. The summed E-state index contributed by atoms with van der Waals surface area (Å²) in [6, 6.07) is 7.72. The molecule has 5 nitrogen and oxygen atoms in total. The quantitative estimate of drug-likeness (QED) is 0.905. The molecule has 1 aromatic heterocycles. The third-order valence-electron chi connectivity index (χ3n) is 2.45. The van der Waals surface area contributed by atoms with E-state index in [9.17, 15) is 0 Å². The van der Waals surface area contributed by atoms with Crippen LogP contribution < -0.4 is 11.1 Å². The third-order valence-corrected chi connectivity index (χ3v) is 3.11. The lowest BCUT2D eigenvalue weighted by atomic mass is 10.2. The van der Waals surface area contributed by atoms with Crippen LogP contribution >= 0.6 is 15.9 Å². The molecule has 0 radical (unpaired) electrons. The maximum absolute atomic E-state index is 5.75. The number of aryl methyl sites for hydroxylation is 1. The van der Waals surface area contributed by atoms with Crippen LogP contribution in [0.5, 0.6) is 0 Å². The Kier molecular flexibility index (Phi) is 4.34. The van der Waals surface area contributed by atoms with E-state index in [0.717, 1.165) is 10.2 Å². The molecule has 100 valence electrons. The molecule has 2 aromatic rings. The third kappa shape index (κ3) is 3.65. The van der Waals surface area contributed by atoms with E-state index in [2.05, 4.69) is 31.2 Å². The van der Waals surface area contributed by atoms with Gasteiger partial charge in [-0.05, 0) is 40.5 Å². The van der Waals surface area contributed by atoms with E-state index >= 15 is 0 Å². The predicted molar refractivity (Wildman–Crippen MR) is 79.3 cm³/mol. The molecule has 0 aliphatic carbocycles. The van der Waals surface area contributed by atoms with Crippen LogP contribution in [0.3, 0.4) is 0 Å². The summed E-state index contributed by atoms with van der Waals surface area (Å²) < 4.78 is 5.98. The largest absolute Gasteiger partial charge is 0.384 e. The molecule has 0 atom stereocenters. The lowest BCUT2D eigenvalue weighted by Gasteiger charge is -2.10. The summed E-state index contributed by atoms with van der Waals surface area (Å²) in [5.74, 6) is 1.60. The summed E-state index contributed by atoms with van der Waals surface area (Å²) in [6.07, 6.45) is 0. The number of methoxy groups -OCH3 is 1. The molecular formula is C13H15BrN4O. The molecule has 0 aliphatic rings. The van der Waals surface area contributed by atoms with Crippen LogP contribution in [-0.4, -0.2) is 17.1 Å². The molecule has 19 heavy (non-hydrogen) atoms. The summed E-state index contributed by atoms with van der Waals surface area (Å²) in [7, 11) is 1.59. The Morgan fingerprint density at radius 1 is 1.32 bits per heavy atom. The van der Waals surface area contributed by atoms with E-state index in [1.165, 1.54) is 5.56 Å². The SMILES string of the molecule is COCc1nc(N)cc(Nc2ccc(C)cc2Br)n1.